The molecule has 1 amide bonds. The zero-order valence-electron chi connectivity index (χ0n) is 15.5. The zero-order chi connectivity index (χ0) is 18.4. The standard InChI is InChI=1S/C22H24N4O/c1-15-16-6-2-3-7-17(16)23-20(15)14-26-12-10-22(11-13-26)21(27)24-18-8-4-5-9-19(18)25-22/h2-9,23,25H,10-14H2,1H3,(H,24,27). The van der Waals surface area contributed by atoms with E-state index in [4.69, 9.17) is 0 Å². The molecule has 5 rings (SSSR count). The predicted octanol–water partition coefficient (Wildman–Crippen LogP) is 3.88. The Morgan fingerprint density at radius 3 is 2.48 bits per heavy atom. The van der Waals surface area contributed by atoms with Gasteiger partial charge in [0, 0.05) is 36.2 Å². The van der Waals surface area contributed by atoms with Crippen molar-refractivity contribution in [3.63, 3.8) is 0 Å². The summed E-state index contributed by atoms with van der Waals surface area (Å²) < 4.78 is 0. The number of aromatic nitrogens is 1. The van der Waals surface area contributed by atoms with Crippen LogP contribution in [-0.4, -0.2) is 34.4 Å². The van der Waals surface area contributed by atoms with Crippen molar-refractivity contribution < 1.29 is 4.79 Å². The topological polar surface area (TPSA) is 60.2 Å². The van der Waals surface area contributed by atoms with Gasteiger partial charge < -0.3 is 15.6 Å². The van der Waals surface area contributed by atoms with Gasteiger partial charge in [-0.15, -0.1) is 0 Å². The van der Waals surface area contributed by atoms with E-state index >= 15 is 0 Å². The van der Waals surface area contributed by atoms with Gasteiger partial charge in [0.25, 0.3) is 0 Å². The molecular formula is C22H24N4O. The Morgan fingerprint density at radius 2 is 1.70 bits per heavy atom. The molecule has 138 valence electrons. The van der Waals surface area contributed by atoms with E-state index in [0.29, 0.717) is 0 Å². The molecule has 0 radical (unpaired) electrons. The number of anilines is 2. The summed E-state index contributed by atoms with van der Waals surface area (Å²) in [5.41, 5.74) is 5.22. The lowest BCUT2D eigenvalue weighted by Gasteiger charge is -2.44. The summed E-state index contributed by atoms with van der Waals surface area (Å²) in [6, 6.07) is 16.4. The van der Waals surface area contributed by atoms with Crippen LogP contribution in [0.5, 0.6) is 0 Å². The number of piperidine rings is 1. The van der Waals surface area contributed by atoms with Crippen LogP contribution in [0.25, 0.3) is 10.9 Å². The Bertz CT molecular complexity index is 1010. The van der Waals surface area contributed by atoms with Crippen molar-refractivity contribution in [2.45, 2.75) is 31.8 Å². The summed E-state index contributed by atoms with van der Waals surface area (Å²) in [6.07, 6.45) is 1.62. The van der Waals surface area contributed by atoms with Crippen molar-refractivity contribution in [3.8, 4) is 0 Å². The predicted molar refractivity (Wildman–Crippen MR) is 109 cm³/mol. The minimum Gasteiger partial charge on any atom is -0.369 e. The SMILES string of the molecule is Cc1c(CN2CCC3(CC2)Nc2ccccc2NC3=O)[nH]c2ccccc12. The van der Waals surface area contributed by atoms with E-state index < -0.39 is 5.54 Å². The molecule has 0 unspecified atom stereocenters. The van der Waals surface area contributed by atoms with Gasteiger partial charge in [-0.1, -0.05) is 30.3 Å². The number of carbonyl (C=O) groups is 1. The van der Waals surface area contributed by atoms with E-state index in [-0.39, 0.29) is 5.91 Å². The average Bonchev–Trinajstić information content (AvgIpc) is 3.00. The van der Waals surface area contributed by atoms with E-state index in [9.17, 15) is 4.79 Å². The van der Waals surface area contributed by atoms with Crippen molar-refractivity contribution in [2.24, 2.45) is 0 Å². The second-order valence-electron chi connectivity index (χ2n) is 7.76. The molecule has 0 aliphatic carbocycles. The van der Waals surface area contributed by atoms with Gasteiger partial charge in [0.15, 0.2) is 0 Å². The molecule has 27 heavy (non-hydrogen) atoms. The van der Waals surface area contributed by atoms with Gasteiger partial charge in [0.2, 0.25) is 5.91 Å². The monoisotopic (exact) mass is 360 g/mol. The molecular weight excluding hydrogens is 336 g/mol. The fraction of sp³-hybridized carbons (Fsp3) is 0.318. The molecule has 1 aromatic heterocycles. The molecule has 0 bridgehead atoms. The van der Waals surface area contributed by atoms with Crippen molar-refractivity contribution in [1.82, 2.24) is 9.88 Å². The number of H-pyrrole nitrogens is 1. The van der Waals surface area contributed by atoms with Crippen LogP contribution >= 0.6 is 0 Å². The molecule has 0 saturated carbocycles. The highest BCUT2D eigenvalue weighted by Gasteiger charge is 2.44. The number of nitrogens with one attached hydrogen (secondary N) is 3. The minimum absolute atomic E-state index is 0.0997. The smallest absolute Gasteiger partial charge is 0.250 e. The Hall–Kier alpha value is -2.79. The summed E-state index contributed by atoms with van der Waals surface area (Å²) in [7, 11) is 0. The lowest BCUT2D eigenvalue weighted by Crippen LogP contribution is -2.58. The average molecular weight is 360 g/mol. The van der Waals surface area contributed by atoms with Crippen molar-refractivity contribution in [1.29, 1.82) is 0 Å². The maximum absolute atomic E-state index is 12.8. The molecule has 5 heteroatoms. The number of carbonyl (C=O) groups excluding carboxylic acids is 1. The lowest BCUT2D eigenvalue weighted by atomic mass is 9.84. The molecule has 0 atom stereocenters. The van der Waals surface area contributed by atoms with Gasteiger partial charge in [-0.05, 0) is 43.5 Å². The second kappa shape index (κ2) is 6.13. The minimum atomic E-state index is -0.486. The first kappa shape index (κ1) is 16.4. The van der Waals surface area contributed by atoms with E-state index in [1.165, 1.54) is 22.2 Å². The maximum Gasteiger partial charge on any atom is 0.250 e. The van der Waals surface area contributed by atoms with Crippen LogP contribution in [-0.2, 0) is 11.3 Å². The third kappa shape index (κ3) is 2.70. The summed E-state index contributed by atoms with van der Waals surface area (Å²) in [5.74, 6) is 0.0997. The Morgan fingerprint density at radius 1 is 1.00 bits per heavy atom. The Labute approximate surface area is 158 Å². The van der Waals surface area contributed by atoms with E-state index in [1.807, 2.05) is 24.3 Å². The lowest BCUT2D eigenvalue weighted by molar-refractivity contribution is -0.122. The molecule has 1 fully saturated rings. The number of amides is 1. The first-order valence-corrected chi connectivity index (χ1v) is 9.62. The molecule has 3 heterocycles. The van der Waals surface area contributed by atoms with Crippen LogP contribution in [0.4, 0.5) is 11.4 Å². The van der Waals surface area contributed by atoms with Crippen LogP contribution in [0.2, 0.25) is 0 Å². The summed E-state index contributed by atoms with van der Waals surface area (Å²) in [6.45, 7) is 4.89. The molecule has 1 saturated heterocycles. The summed E-state index contributed by atoms with van der Waals surface area (Å²) >= 11 is 0. The van der Waals surface area contributed by atoms with E-state index in [1.54, 1.807) is 0 Å². The molecule has 3 N–H and O–H groups in total. The molecule has 1 spiro atoms. The molecule has 2 aromatic carbocycles. The van der Waals surface area contributed by atoms with Gasteiger partial charge in [0.05, 0.1) is 11.4 Å². The molecule has 3 aromatic rings. The van der Waals surface area contributed by atoms with Crippen LogP contribution in [0, 0.1) is 6.92 Å². The number of aromatic amines is 1. The van der Waals surface area contributed by atoms with Gasteiger partial charge in [-0.2, -0.15) is 0 Å². The highest BCUT2D eigenvalue weighted by atomic mass is 16.2. The van der Waals surface area contributed by atoms with Crippen molar-refractivity contribution in [2.75, 3.05) is 23.7 Å². The number of likely N-dealkylation sites (tertiary alicyclic amines) is 1. The third-order valence-corrected chi connectivity index (χ3v) is 6.14. The fourth-order valence-corrected chi connectivity index (χ4v) is 4.42. The number of benzene rings is 2. The Balaban J connectivity index is 1.31. The molecule has 2 aliphatic rings. The largest absolute Gasteiger partial charge is 0.369 e. The van der Waals surface area contributed by atoms with Crippen molar-refractivity contribution in [3.05, 3.63) is 59.8 Å². The van der Waals surface area contributed by atoms with Crippen molar-refractivity contribution >= 4 is 28.2 Å². The quantitative estimate of drug-likeness (QED) is 0.650. The van der Waals surface area contributed by atoms with Crippen LogP contribution in [0.15, 0.2) is 48.5 Å². The zero-order valence-corrected chi connectivity index (χ0v) is 15.5. The van der Waals surface area contributed by atoms with Gasteiger partial charge in [-0.25, -0.2) is 0 Å². The van der Waals surface area contributed by atoms with Crippen LogP contribution in [0.1, 0.15) is 24.1 Å². The second-order valence-corrected chi connectivity index (χ2v) is 7.76. The number of hydrogen-bond acceptors (Lipinski definition) is 3. The number of rotatable bonds is 2. The van der Waals surface area contributed by atoms with Gasteiger partial charge >= 0.3 is 0 Å². The summed E-state index contributed by atoms with van der Waals surface area (Å²) in [4.78, 5) is 18.8. The maximum atomic E-state index is 12.8. The Kier molecular flexibility index (Phi) is 3.72. The van der Waals surface area contributed by atoms with Crippen LogP contribution < -0.4 is 10.6 Å². The van der Waals surface area contributed by atoms with Gasteiger partial charge in [0.1, 0.15) is 5.54 Å². The number of hydrogen-bond donors (Lipinski definition) is 3. The first-order valence-electron chi connectivity index (χ1n) is 9.62. The fourth-order valence-electron chi connectivity index (χ4n) is 4.42. The van der Waals surface area contributed by atoms with E-state index in [2.05, 4.69) is 51.7 Å². The number of fused-ring (bicyclic) bond motifs is 2. The number of para-hydroxylation sites is 3. The number of nitrogens with zero attached hydrogens (tertiary/aromatic N) is 1. The van der Waals surface area contributed by atoms with Crippen LogP contribution in [0.3, 0.4) is 0 Å². The van der Waals surface area contributed by atoms with Gasteiger partial charge in [-0.3, -0.25) is 9.69 Å². The molecule has 2 aliphatic heterocycles. The first-order chi connectivity index (χ1) is 13.1. The highest BCUT2D eigenvalue weighted by molar-refractivity contribution is 6.06. The summed E-state index contributed by atoms with van der Waals surface area (Å²) in [5, 5.41) is 7.92. The molecule has 5 nitrogen and oxygen atoms in total. The van der Waals surface area contributed by atoms with E-state index in [0.717, 1.165) is 43.9 Å². The highest BCUT2D eigenvalue weighted by Crippen LogP contribution is 2.36. The third-order valence-electron chi connectivity index (χ3n) is 6.14. The normalized spacial score (nSPS) is 18.9. The number of aryl methyl sites for hydroxylation is 1.